The van der Waals surface area contributed by atoms with E-state index in [1.165, 1.54) is 32.1 Å². The van der Waals surface area contributed by atoms with E-state index >= 15 is 0 Å². The first kappa shape index (κ1) is 10.4. The summed E-state index contributed by atoms with van der Waals surface area (Å²) in [5.41, 5.74) is 5.90. The largest absolute Gasteiger partial charge is 0.370 e. The average molecular weight is 221 g/mol. The number of hydrogen-bond donors (Lipinski definition) is 2. The Morgan fingerprint density at radius 1 is 1.12 bits per heavy atom. The summed E-state index contributed by atoms with van der Waals surface area (Å²) < 4.78 is 0. The van der Waals surface area contributed by atoms with Gasteiger partial charge in [-0.15, -0.1) is 0 Å². The first-order valence-electron chi connectivity index (χ1n) is 6.82. The van der Waals surface area contributed by atoms with E-state index in [-0.39, 0.29) is 0 Å². The number of aliphatic imine (C=N–C) groups is 1. The Kier molecular flexibility index (Phi) is 2.56. The van der Waals surface area contributed by atoms with Gasteiger partial charge in [0.25, 0.3) is 0 Å². The fraction of sp³-hybridized carbons (Fsp3) is 0.923. The predicted octanol–water partition coefficient (Wildman–Crippen LogP) is 1.74. The fourth-order valence-electron chi connectivity index (χ4n) is 4.55. The Labute approximate surface area is 97.9 Å². The highest BCUT2D eigenvalue weighted by Crippen LogP contribution is 2.53. The van der Waals surface area contributed by atoms with Crippen molar-refractivity contribution in [2.75, 3.05) is 6.54 Å². The molecule has 4 rings (SSSR count). The third kappa shape index (κ3) is 1.70. The lowest BCUT2D eigenvalue weighted by Crippen LogP contribution is -2.57. The van der Waals surface area contributed by atoms with Crippen LogP contribution in [0.1, 0.15) is 39.0 Å². The third-order valence-corrected chi connectivity index (χ3v) is 4.87. The van der Waals surface area contributed by atoms with Gasteiger partial charge >= 0.3 is 0 Å². The maximum atomic E-state index is 5.90. The molecule has 4 aliphatic carbocycles. The van der Waals surface area contributed by atoms with Gasteiger partial charge in [0.1, 0.15) is 0 Å². The molecule has 0 radical (unpaired) electrons. The van der Waals surface area contributed by atoms with Gasteiger partial charge in [0.15, 0.2) is 5.96 Å². The quantitative estimate of drug-likeness (QED) is 0.551. The normalized spacial score (nSPS) is 46.1. The zero-order chi connectivity index (χ0) is 11.1. The van der Waals surface area contributed by atoms with Crippen LogP contribution in [0, 0.1) is 23.7 Å². The van der Waals surface area contributed by atoms with Crippen molar-refractivity contribution in [3.05, 3.63) is 0 Å². The molecule has 3 N–H and O–H groups in total. The molecule has 0 atom stereocenters. The van der Waals surface area contributed by atoms with Gasteiger partial charge in [-0.1, -0.05) is 0 Å². The standard InChI is InChI=1S/C13H23N3/c1-2-15-13(14)16-12-10-4-8-3-9(6-10)7-11(12)5-8/h8-12H,2-7H2,1H3,(H3,14,15,16). The molecule has 4 fully saturated rings. The van der Waals surface area contributed by atoms with E-state index in [2.05, 4.69) is 10.3 Å². The molecule has 4 saturated carbocycles. The Balaban J connectivity index is 1.70. The van der Waals surface area contributed by atoms with Crippen molar-refractivity contribution in [1.82, 2.24) is 5.32 Å². The van der Waals surface area contributed by atoms with Gasteiger partial charge in [0, 0.05) is 12.6 Å². The highest BCUT2D eigenvalue weighted by atomic mass is 15.1. The maximum Gasteiger partial charge on any atom is 0.188 e. The minimum absolute atomic E-state index is 0.628. The Bertz CT molecular complexity index is 270. The Morgan fingerprint density at radius 2 is 1.69 bits per heavy atom. The molecule has 0 aromatic carbocycles. The second-order valence-electron chi connectivity index (χ2n) is 5.96. The number of nitrogens with two attached hydrogens (primary N) is 1. The third-order valence-electron chi connectivity index (χ3n) is 4.87. The first-order chi connectivity index (χ1) is 7.76. The highest BCUT2D eigenvalue weighted by Gasteiger charge is 2.48. The van der Waals surface area contributed by atoms with Crippen LogP contribution < -0.4 is 11.1 Å². The lowest BCUT2D eigenvalue weighted by molar-refractivity contribution is -0.00700. The second kappa shape index (κ2) is 3.94. The fourth-order valence-corrected chi connectivity index (χ4v) is 4.55. The lowest BCUT2D eigenvalue weighted by Gasteiger charge is -2.54. The van der Waals surface area contributed by atoms with Crippen molar-refractivity contribution in [2.45, 2.75) is 45.1 Å². The van der Waals surface area contributed by atoms with E-state index in [0.717, 1.165) is 30.2 Å². The van der Waals surface area contributed by atoms with E-state index in [9.17, 15) is 0 Å². The van der Waals surface area contributed by atoms with Gasteiger partial charge in [-0.05, 0) is 62.7 Å². The molecule has 0 aliphatic heterocycles. The van der Waals surface area contributed by atoms with Gasteiger partial charge < -0.3 is 11.1 Å². The lowest BCUT2D eigenvalue weighted by atomic mass is 9.54. The molecule has 0 aromatic heterocycles. The second-order valence-corrected chi connectivity index (χ2v) is 5.96. The minimum atomic E-state index is 0.628. The van der Waals surface area contributed by atoms with Crippen LogP contribution in [-0.4, -0.2) is 18.5 Å². The van der Waals surface area contributed by atoms with Crippen LogP contribution in [0.3, 0.4) is 0 Å². The molecule has 0 amide bonds. The molecule has 0 saturated heterocycles. The highest BCUT2D eigenvalue weighted by molar-refractivity contribution is 5.78. The predicted molar refractivity (Wildman–Crippen MR) is 66.1 cm³/mol. The van der Waals surface area contributed by atoms with Crippen molar-refractivity contribution in [3.63, 3.8) is 0 Å². The monoisotopic (exact) mass is 221 g/mol. The van der Waals surface area contributed by atoms with E-state index in [1.807, 2.05) is 6.92 Å². The van der Waals surface area contributed by atoms with E-state index in [1.54, 1.807) is 0 Å². The molecule has 3 heteroatoms. The van der Waals surface area contributed by atoms with E-state index < -0.39 is 0 Å². The smallest absolute Gasteiger partial charge is 0.188 e. The minimum Gasteiger partial charge on any atom is -0.370 e. The van der Waals surface area contributed by atoms with Gasteiger partial charge in [0.05, 0.1) is 0 Å². The van der Waals surface area contributed by atoms with Gasteiger partial charge in [0.2, 0.25) is 0 Å². The summed E-state index contributed by atoms with van der Waals surface area (Å²) in [6, 6.07) is 0.628. The molecule has 4 aliphatic rings. The van der Waals surface area contributed by atoms with E-state index in [4.69, 9.17) is 5.73 Å². The van der Waals surface area contributed by atoms with Crippen LogP contribution in [-0.2, 0) is 0 Å². The summed E-state index contributed by atoms with van der Waals surface area (Å²) in [6.45, 7) is 2.82. The van der Waals surface area contributed by atoms with Crippen molar-refractivity contribution in [1.29, 1.82) is 0 Å². The van der Waals surface area contributed by atoms with Crippen molar-refractivity contribution < 1.29 is 0 Å². The van der Waals surface area contributed by atoms with E-state index in [0.29, 0.717) is 12.0 Å². The zero-order valence-electron chi connectivity index (χ0n) is 10.2. The van der Waals surface area contributed by atoms with Gasteiger partial charge in [-0.3, -0.25) is 4.99 Å². The van der Waals surface area contributed by atoms with Gasteiger partial charge in [-0.2, -0.15) is 0 Å². The topological polar surface area (TPSA) is 50.4 Å². The summed E-state index contributed by atoms with van der Waals surface area (Å²) in [6.07, 6.45) is 7.25. The Morgan fingerprint density at radius 3 is 2.19 bits per heavy atom. The van der Waals surface area contributed by atoms with Crippen LogP contribution in [0.5, 0.6) is 0 Å². The molecule has 90 valence electrons. The van der Waals surface area contributed by atoms with Crippen molar-refractivity contribution in [2.24, 2.45) is 34.4 Å². The SMILES string of the molecule is CCN=C(N)NC1C2CC3CC(C2)CC1C3. The number of nitrogens with one attached hydrogen (secondary N) is 1. The summed E-state index contributed by atoms with van der Waals surface area (Å²) in [4.78, 5) is 4.26. The molecule has 16 heavy (non-hydrogen) atoms. The number of nitrogens with zero attached hydrogens (tertiary/aromatic N) is 1. The molecular weight excluding hydrogens is 198 g/mol. The molecule has 0 heterocycles. The van der Waals surface area contributed by atoms with Crippen LogP contribution in [0.15, 0.2) is 4.99 Å². The number of guanidine groups is 1. The van der Waals surface area contributed by atoms with Gasteiger partial charge in [-0.25, -0.2) is 0 Å². The molecule has 0 aromatic rings. The van der Waals surface area contributed by atoms with Crippen LogP contribution in [0.25, 0.3) is 0 Å². The summed E-state index contributed by atoms with van der Waals surface area (Å²) in [5, 5.41) is 3.49. The molecule has 4 bridgehead atoms. The zero-order valence-corrected chi connectivity index (χ0v) is 10.2. The maximum absolute atomic E-state index is 5.90. The first-order valence-corrected chi connectivity index (χ1v) is 6.82. The number of rotatable bonds is 2. The Hall–Kier alpha value is -0.730. The molecule has 3 nitrogen and oxygen atoms in total. The van der Waals surface area contributed by atoms with Crippen molar-refractivity contribution in [3.8, 4) is 0 Å². The average Bonchev–Trinajstić information content (AvgIpc) is 2.23. The summed E-state index contributed by atoms with van der Waals surface area (Å²) >= 11 is 0. The molecular formula is C13H23N3. The number of hydrogen-bond acceptors (Lipinski definition) is 1. The van der Waals surface area contributed by atoms with Crippen LogP contribution >= 0.6 is 0 Å². The van der Waals surface area contributed by atoms with Crippen LogP contribution in [0.2, 0.25) is 0 Å². The molecule has 0 unspecified atom stereocenters. The summed E-state index contributed by atoms with van der Waals surface area (Å²) in [7, 11) is 0. The summed E-state index contributed by atoms with van der Waals surface area (Å²) in [5.74, 6) is 4.48. The van der Waals surface area contributed by atoms with Crippen molar-refractivity contribution >= 4 is 5.96 Å². The molecule has 0 spiro atoms. The van der Waals surface area contributed by atoms with Crippen LogP contribution in [0.4, 0.5) is 0 Å².